The zero-order valence-electron chi connectivity index (χ0n) is 28.0. The largest absolute Gasteiger partial charge is 0.481 e. The van der Waals surface area contributed by atoms with E-state index in [1.807, 2.05) is 121 Å². The topological polar surface area (TPSA) is 83.5 Å². The van der Waals surface area contributed by atoms with Crippen molar-refractivity contribution >= 4 is 17.6 Å². The molecule has 1 aliphatic rings. The standard InChI is InChI=1S/C42H40ClFO7/c43-35-23-36(44)34(21-33(35)22-38(45)46)39-41(49-26-31-17-9-3-10-18-31)42(50-27-32-19-11-4-12-20-32)40(48-25-30-15-7-2-8-16-30)37(51-39)28-47-24-29-13-5-1-6-14-29/h1-21,23,37,39-42H,22,24-28H2,(H,45,46)/t37-,39+,40-,41+,42+/m1/s1. The van der Waals surface area contributed by atoms with Crippen LogP contribution in [0.25, 0.3) is 0 Å². The smallest absolute Gasteiger partial charge is 0.307 e. The molecule has 1 fully saturated rings. The molecule has 0 aromatic heterocycles. The van der Waals surface area contributed by atoms with Gasteiger partial charge in [-0.15, -0.1) is 0 Å². The third-order valence-corrected chi connectivity index (χ3v) is 9.05. The van der Waals surface area contributed by atoms with Gasteiger partial charge >= 0.3 is 5.97 Å². The van der Waals surface area contributed by atoms with Crippen LogP contribution >= 0.6 is 11.6 Å². The molecule has 0 saturated carbocycles. The van der Waals surface area contributed by atoms with Crippen LogP contribution in [0.2, 0.25) is 5.02 Å². The summed E-state index contributed by atoms with van der Waals surface area (Å²) in [4.78, 5) is 11.7. The molecule has 5 aromatic rings. The summed E-state index contributed by atoms with van der Waals surface area (Å²) in [5.41, 5.74) is 4.13. The lowest BCUT2D eigenvalue weighted by Crippen LogP contribution is -2.58. The molecule has 5 atom stereocenters. The molecule has 0 amide bonds. The van der Waals surface area contributed by atoms with Crippen LogP contribution in [0.15, 0.2) is 133 Å². The van der Waals surface area contributed by atoms with Gasteiger partial charge < -0.3 is 28.8 Å². The van der Waals surface area contributed by atoms with Crippen LogP contribution in [0.4, 0.5) is 4.39 Å². The van der Waals surface area contributed by atoms with E-state index in [0.717, 1.165) is 28.3 Å². The second-order valence-corrected chi connectivity index (χ2v) is 12.8. The lowest BCUT2D eigenvalue weighted by Gasteiger charge is -2.46. The quantitative estimate of drug-likeness (QED) is 0.110. The first-order chi connectivity index (χ1) is 24.9. The molecule has 0 unspecified atom stereocenters. The lowest BCUT2D eigenvalue weighted by molar-refractivity contribution is -0.275. The summed E-state index contributed by atoms with van der Waals surface area (Å²) in [5, 5.41) is 9.62. The number of hydrogen-bond donors (Lipinski definition) is 1. The maximum atomic E-state index is 16.1. The monoisotopic (exact) mass is 710 g/mol. The van der Waals surface area contributed by atoms with E-state index < -0.39 is 48.7 Å². The predicted octanol–water partition coefficient (Wildman–Crippen LogP) is 8.52. The molecule has 5 aromatic carbocycles. The van der Waals surface area contributed by atoms with Crippen molar-refractivity contribution < 1.29 is 38.0 Å². The zero-order valence-corrected chi connectivity index (χ0v) is 28.7. The van der Waals surface area contributed by atoms with Crippen molar-refractivity contribution in [3.63, 3.8) is 0 Å². The van der Waals surface area contributed by atoms with Gasteiger partial charge in [0.05, 0.1) is 39.5 Å². The van der Waals surface area contributed by atoms with Crippen LogP contribution < -0.4 is 0 Å². The molecule has 0 radical (unpaired) electrons. The van der Waals surface area contributed by atoms with Crippen molar-refractivity contribution in [2.75, 3.05) is 6.61 Å². The Labute approximate surface area is 302 Å². The zero-order chi connectivity index (χ0) is 35.4. The third kappa shape index (κ3) is 10.1. The van der Waals surface area contributed by atoms with Crippen LogP contribution in [0, 0.1) is 5.82 Å². The summed E-state index contributed by atoms with van der Waals surface area (Å²) in [7, 11) is 0. The molecule has 9 heteroatoms. The molecular weight excluding hydrogens is 671 g/mol. The summed E-state index contributed by atoms with van der Waals surface area (Å²) >= 11 is 6.35. The van der Waals surface area contributed by atoms with E-state index in [0.29, 0.717) is 6.61 Å². The summed E-state index contributed by atoms with van der Waals surface area (Å²) in [6.45, 7) is 1.06. The van der Waals surface area contributed by atoms with Crippen molar-refractivity contribution in [2.45, 2.75) is 63.4 Å². The molecule has 0 aliphatic carbocycles. The Morgan fingerprint density at radius 1 is 0.647 bits per heavy atom. The van der Waals surface area contributed by atoms with Gasteiger partial charge in [-0.25, -0.2) is 4.39 Å². The average Bonchev–Trinajstić information content (AvgIpc) is 3.15. The van der Waals surface area contributed by atoms with Crippen molar-refractivity contribution in [2.24, 2.45) is 0 Å². The van der Waals surface area contributed by atoms with E-state index in [1.165, 1.54) is 6.07 Å². The third-order valence-electron chi connectivity index (χ3n) is 8.70. The Bertz CT molecular complexity index is 1810. The van der Waals surface area contributed by atoms with Crippen LogP contribution in [-0.4, -0.2) is 42.1 Å². The molecule has 1 saturated heterocycles. The molecule has 51 heavy (non-hydrogen) atoms. The van der Waals surface area contributed by atoms with Gasteiger partial charge in [-0.3, -0.25) is 4.79 Å². The van der Waals surface area contributed by atoms with Gasteiger partial charge in [0.25, 0.3) is 0 Å². The molecule has 0 bridgehead atoms. The van der Waals surface area contributed by atoms with Crippen LogP contribution in [-0.2, 0) is 61.3 Å². The number of carboxylic acid groups (broad SMARTS) is 1. The number of aliphatic carboxylic acids is 1. The lowest BCUT2D eigenvalue weighted by atomic mass is 9.89. The van der Waals surface area contributed by atoms with E-state index in [4.69, 9.17) is 35.3 Å². The molecule has 1 heterocycles. The highest BCUT2D eigenvalue weighted by Gasteiger charge is 2.49. The maximum absolute atomic E-state index is 16.1. The number of halogens is 2. The summed E-state index contributed by atoms with van der Waals surface area (Å²) in [6.07, 6.45) is -4.56. The first kappa shape index (κ1) is 36.4. The normalized spacial score (nSPS) is 20.2. The van der Waals surface area contributed by atoms with Crippen LogP contribution in [0.5, 0.6) is 0 Å². The second-order valence-electron chi connectivity index (χ2n) is 12.4. The van der Waals surface area contributed by atoms with Crippen molar-refractivity contribution in [3.8, 4) is 0 Å². The van der Waals surface area contributed by atoms with Gasteiger partial charge in [0, 0.05) is 10.6 Å². The molecule has 264 valence electrons. The molecule has 7 nitrogen and oxygen atoms in total. The molecule has 1 aliphatic heterocycles. The molecule has 6 rings (SSSR count). The van der Waals surface area contributed by atoms with Crippen molar-refractivity contribution in [1.29, 1.82) is 0 Å². The minimum atomic E-state index is -1.10. The fourth-order valence-electron chi connectivity index (χ4n) is 6.17. The number of ether oxygens (including phenoxy) is 5. The van der Waals surface area contributed by atoms with E-state index in [-0.39, 0.29) is 42.6 Å². The van der Waals surface area contributed by atoms with Crippen LogP contribution in [0.1, 0.15) is 39.5 Å². The number of carbonyl (C=O) groups is 1. The summed E-state index contributed by atoms with van der Waals surface area (Å²) in [6, 6.07) is 41.5. The predicted molar refractivity (Wildman–Crippen MR) is 192 cm³/mol. The SMILES string of the molecule is O=C(O)Cc1cc([C@@H]2O[C@H](COCc3ccccc3)[C@@H](OCc3ccccc3)[C@H](OCc3ccccc3)[C@H]2OCc2ccccc2)c(F)cc1Cl. The maximum Gasteiger partial charge on any atom is 0.307 e. The van der Waals surface area contributed by atoms with Gasteiger partial charge in [-0.05, 0) is 39.9 Å². The Balaban J connectivity index is 1.40. The highest BCUT2D eigenvalue weighted by atomic mass is 35.5. The first-order valence-electron chi connectivity index (χ1n) is 16.9. The Morgan fingerprint density at radius 3 is 1.59 bits per heavy atom. The van der Waals surface area contributed by atoms with Gasteiger partial charge in [-0.2, -0.15) is 0 Å². The summed E-state index contributed by atoms with van der Waals surface area (Å²) < 4.78 is 49.2. The number of carboxylic acids is 1. The minimum Gasteiger partial charge on any atom is -0.481 e. The van der Waals surface area contributed by atoms with Gasteiger partial charge in [0.15, 0.2) is 0 Å². The fraction of sp³-hybridized carbons (Fsp3) is 0.262. The Kier molecular flexibility index (Phi) is 13.0. The first-order valence-corrected chi connectivity index (χ1v) is 17.3. The van der Waals surface area contributed by atoms with Crippen molar-refractivity contribution in [3.05, 3.63) is 178 Å². The Hall–Kier alpha value is -4.41. The number of hydrogen-bond acceptors (Lipinski definition) is 6. The number of benzene rings is 5. The summed E-state index contributed by atoms with van der Waals surface area (Å²) in [5.74, 6) is -1.75. The van der Waals surface area contributed by atoms with E-state index in [2.05, 4.69) is 0 Å². The second kappa shape index (κ2) is 18.2. The van der Waals surface area contributed by atoms with Crippen molar-refractivity contribution in [1.82, 2.24) is 0 Å². The fourth-order valence-corrected chi connectivity index (χ4v) is 6.39. The van der Waals surface area contributed by atoms with Gasteiger partial charge in [0.2, 0.25) is 0 Å². The van der Waals surface area contributed by atoms with Gasteiger partial charge in [-0.1, -0.05) is 133 Å². The van der Waals surface area contributed by atoms with E-state index >= 15 is 4.39 Å². The van der Waals surface area contributed by atoms with E-state index in [1.54, 1.807) is 0 Å². The minimum absolute atomic E-state index is 0.0138. The molecule has 1 N–H and O–H groups in total. The van der Waals surface area contributed by atoms with E-state index in [9.17, 15) is 9.90 Å². The highest BCUT2D eigenvalue weighted by Crippen LogP contribution is 2.40. The molecule has 0 spiro atoms. The highest BCUT2D eigenvalue weighted by molar-refractivity contribution is 6.31. The van der Waals surface area contributed by atoms with Crippen LogP contribution in [0.3, 0.4) is 0 Å². The Morgan fingerprint density at radius 2 is 1.10 bits per heavy atom. The molecular formula is C42H40ClFO7. The average molecular weight is 711 g/mol. The number of rotatable bonds is 16. The van der Waals surface area contributed by atoms with Gasteiger partial charge in [0.1, 0.15) is 36.3 Å².